The lowest BCUT2D eigenvalue weighted by molar-refractivity contribution is -0.137. The van der Waals surface area contributed by atoms with Crippen LogP contribution in [-0.4, -0.2) is 90.1 Å². The van der Waals surface area contributed by atoms with Gasteiger partial charge in [-0.25, -0.2) is 4.79 Å². The molecule has 2 saturated heterocycles. The highest BCUT2D eigenvalue weighted by Crippen LogP contribution is 2.39. The van der Waals surface area contributed by atoms with E-state index >= 15 is 0 Å². The molecule has 0 radical (unpaired) electrons. The van der Waals surface area contributed by atoms with Crippen molar-refractivity contribution in [3.05, 3.63) is 47.5 Å². The fourth-order valence-electron chi connectivity index (χ4n) is 6.48. The van der Waals surface area contributed by atoms with E-state index in [-0.39, 0.29) is 29.2 Å². The molecule has 0 unspecified atom stereocenters. The zero-order valence-corrected chi connectivity index (χ0v) is 29.1. The Morgan fingerprint density at radius 3 is 2.23 bits per heavy atom. The standard InChI is InChI=1S/C36H50N6O5/c1-23(2)33(43)37-27-20-26(36(3,4)5)21-28(32(27)46-8)38-35(45)47-30-19-24-11-9-12-25(31(24)40(30)7)22-41-15-17-42(18-16-41)34(44)29-13-10-14-39(29)6/h9,11-12,19-21,23,29H,10,13-18,22H2,1-8H3,(H,37,43)(H,38,45)/t29-/m0/s1. The Bertz CT molecular complexity index is 1630. The Labute approximate surface area is 278 Å². The first-order valence-corrected chi connectivity index (χ1v) is 16.6. The number of hydrogen-bond donors (Lipinski definition) is 2. The highest BCUT2D eigenvalue weighted by atomic mass is 16.6. The SMILES string of the molecule is COc1c(NC(=O)Oc2cc3cccc(CN4CCN(C(=O)[C@@H]5CCCN5C)CC4)c3n2C)cc(C(C)(C)C)cc1NC(=O)C(C)C. The van der Waals surface area contributed by atoms with Gasteiger partial charge < -0.3 is 24.3 Å². The van der Waals surface area contributed by atoms with E-state index in [4.69, 9.17) is 9.47 Å². The predicted octanol–water partition coefficient (Wildman–Crippen LogP) is 5.43. The maximum absolute atomic E-state index is 13.4. The summed E-state index contributed by atoms with van der Waals surface area (Å²) in [5, 5.41) is 6.77. The van der Waals surface area contributed by atoms with Crippen molar-refractivity contribution < 1.29 is 23.9 Å². The van der Waals surface area contributed by atoms with Gasteiger partial charge in [-0.1, -0.05) is 52.8 Å². The molecule has 1 atom stereocenters. The number of aryl methyl sites for hydroxylation is 1. The molecule has 11 heteroatoms. The number of anilines is 2. The number of likely N-dealkylation sites (N-methyl/N-ethyl adjacent to an activating group) is 1. The lowest BCUT2D eigenvalue weighted by Gasteiger charge is -2.37. The first kappa shape index (κ1) is 34.3. The number of nitrogens with one attached hydrogen (secondary N) is 2. The molecule has 47 heavy (non-hydrogen) atoms. The van der Waals surface area contributed by atoms with Gasteiger partial charge in [-0.15, -0.1) is 0 Å². The van der Waals surface area contributed by atoms with E-state index in [0.29, 0.717) is 23.0 Å². The number of carbonyl (C=O) groups is 3. The van der Waals surface area contributed by atoms with Gasteiger partial charge in [0.15, 0.2) is 5.75 Å². The maximum atomic E-state index is 13.4. The summed E-state index contributed by atoms with van der Waals surface area (Å²) >= 11 is 0. The summed E-state index contributed by atoms with van der Waals surface area (Å²) < 4.78 is 13.4. The van der Waals surface area contributed by atoms with Gasteiger partial charge in [0, 0.05) is 57.1 Å². The molecule has 2 aliphatic rings. The number of para-hydroxylation sites is 1. The fraction of sp³-hybridized carbons (Fsp3) is 0.528. The van der Waals surface area contributed by atoms with E-state index in [1.165, 1.54) is 7.11 Å². The van der Waals surface area contributed by atoms with Crippen molar-refractivity contribution in [3.63, 3.8) is 0 Å². The first-order valence-electron chi connectivity index (χ1n) is 16.6. The molecule has 0 bridgehead atoms. The number of benzene rings is 2. The number of ether oxygens (including phenoxy) is 2. The predicted molar refractivity (Wildman–Crippen MR) is 185 cm³/mol. The molecule has 1 aromatic heterocycles. The smallest absolute Gasteiger partial charge is 0.418 e. The van der Waals surface area contributed by atoms with E-state index in [1.54, 1.807) is 0 Å². The van der Waals surface area contributed by atoms with Crippen LogP contribution in [0.1, 0.15) is 58.6 Å². The zero-order chi connectivity index (χ0) is 34.0. The quantitative estimate of drug-likeness (QED) is 0.336. The van der Waals surface area contributed by atoms with E-state index in [2.05, 4.69) is 47.3 Å². The number of nitrogens with zero attached hydrogens (tertiary/aromatic N) is 4. The second kappa shape index (κ2) is 13.9. The zero-order valence-electron chi connectivity index (χ0n) is 29.1. The molecule has 0 aliphatic carbocycles. The van der Waals surface area contributed by atoms with E-state index in [1.807, 2.05) is 67.7 Å². The summed E-state index contributed by atoms with van der Waals surface area (Å²) in [6.45, 7) is 14.6. The summed E-state index contributed by atoms with van der Waals surface area (Å²) in [7, 11) is 5.44. The van der Waals surface area contributed by atoms with E-state index < -0.39 is 6.09 Å². The van der Waals surface area contributed by atoms with Crippen LogP contribution in [0, 0.1) is 5.92 Å². The highest BCUT2D eigenvalue weighted by Gasteiger charge is 2.33. The first-order chi connectivity index (χ1) is 22.3. The van der Waals surface area contributed by atoms with Crippen LogP contribution in [0.25, 0.3) is 10.9 Å². The summed E-state index contributed by atoms with van der Waals surface area (Å²) in [5.41, 5.74) is 3.66. The van der Waals surface area contributed by atoms with Gasteiger partial charge in [-0.2, -0.15) is 0 Å². The minimum atomic E-state index is -0.670. The number of carbonyl (C=O) groups excluding carboxylic acids is 3. The lowest BCUT2D eigenvalue weighted by Crippen LogP contribution is -2.52. The lowest BCUT2D eigenvalue weighted by atomic mass is 9.86. The average Bonchev–Trinajstić information content (AvgIpc) is 3.59. The molecule has 5 rings (SSSR count). The monoisotopic (exact) mass is 646 g/mol. The van der Waals surface area contributed by atoms with Crippen molar-refractivity contribution in [2.24, 2.45) is 13.0 Å². The van der Waals surface area contributed by atoms with Crippen LogP contribution in [0.4, 0.5) is 16.2 Å². The van der Waals surface area contributed by atoms with Crippen LogP contribution in [0.15, 0.2) is 36.4 Å². The number of rotatable bonds is 8. The number of hydrogen-bond acceptors (Lipinski definition) is 7. The number of fused-ring (bicyclic) bond motifs is 1. The number of methoxy groups -OCH3 is 1. The molecule has 3 heterocycles. The molecule has 2 aliphatic heterocycles. The molecule has 3 aromatic rings. The number of aromatic nitrogens is 1. The average molecular weight is 647 g/mol. The molecule has 2 N–H and O–H groups in total. The van der Waals surface area contributed by atoms with Crippen LogP contribution in [0.5, 0.6) is 11.6 Å². The van der Waals surface area contributed by atoms with Crippen LogP contribution in [0.3, 0.4) is 0 Å². The van der Waals surface area contributed by atoms with Gasteiger partial charge in [0.05, 0.1) is 30.0 Å². The topological polar surface area (TPSA) is 108 Å². The van der Waals surface area contributed by atoms with E-state index in [9.17, 15) is 14.4 Å². The van der Waals surface area contributed by atoms with Crippen LogP contribution < -0.4 is 20.1 Å². The van der Waals surface area contributed by atoms with Crippen LogP contribution >= 0.6 is 0 Å². The third-order valence-corrected chi connectivity index (χ3v) is 9.35. The Hall–Kier alpha value is -4.09. The number of amides is 3. The van der Waals surface area contributed by atoms with Crippen LogP contribution in [0.2, 0.25) is 0 Å². The largest absolute Gasteiger partial charge is 0.492 e. The summed E-state index contributed by atoms with van der Waals surface area (Å²) in [6.07, 6.45) is 1.36. The Morgan fingerprint density at radius 1 is 0.957 bits per heavy atom. The second-order valence-corrected chi connectivity index (χ2v) is 14.1. The molecule has 11 nitrogen and oxygen atoms in total. The van der Waals surface area contributed by atoms with Crippen molar-refractivity contribution >= 4 is 40.2 Å². The van der Waals surface area contributed by atoms with Gasteiger partial charge in [0.1, 0.15) is 0 Å². The highest BCUT2D eigenvalue weighted by molar-refractivity contribution is 5.97. The molecule has 2 aromatic carbocycles. The van der Waals surface area contributed by atoms with Crippen molar-refractivity contribution in [1.82, 2.24) is 19.3 Å². The Kier molecular flexibility index (Phi) is 10.2. The third-order valence-electron chi connectivity index (χ3n) is 9.35. The van der Waals surface area contributed by atoms with E-state index in [0.717, 1.165) is 74.1 Å². The summed E-state index contributed by atoms with van der Waals surface area (Å²) in [6, 6.07) is 11.8. The molecule has 0 spiro atoms. The normalized spacial score (nSPS) is 17.7. The summed E-state index contributed by atoms with van der Waals surface area (Å²) in [5.74, 6) is 0.629. The third kappa shape index (κ3) is 7.57. The molecule has 2 fully saturated rings. The second-order valence-electron chi connectivity index (χ2n) is 14.1. The van der Waals surface area contributed by atoms with Crippen molar-refractivity contribution in [3.8, 4) is 11.6 Å². The Balaban J connectivity index is 1.30. The molecular weight excluding hydrogens is 596 g/mol. The minimum absolute atomic E-state index is 0.0191. The number of piperazine rings is 1. The fourth-order valence-corrected chi connectivity index (χ4v) is 6.48. The van der Waals surface area contributed by atoms with Crippen LogP contribution in [-0.2, 0) is 28.6 Å². The van der Waals surface area contributed by atoms with Crippen molar-refractivity contribution in [2.75, 3.05) is 57.5 Å². The minimum Gasteiger partial charge on any atom is -0.492 e. The molecular formula is C36H50N6O5. The molecule has 254 valence electrons. The van der Waals surface area contributed by atoms with Gasteiger partial charge in [0.2, 0.25) is 17.7 Å². The van der Waals surface area contributed by atoms with Crippen molar-refractivity contribution in [2.45, 2.75) is 65.5 Å². The number of likely N-dealkylation sites (tertiary alicyclic amines) is 1. The van der Waals surface area contributed by atoms with Gasteiger partial charge >= 0.3 is 6.09 Å². The van der Waals surface area contributed by atoms with Gasteiger partial charge in [0.25, 0.3) is 0 Å². The molecule has 3 amide bonds. The van der Waals surface area contributed by atoms with Crippen molar-refractivity contribution in [1.29, 1.82) is 0 Å². The van der Waals surface area contributed by atoms with Gasteiger partial charge in [-0.3, -0.25) is 24.7 Å². The molecule has 0 saturated carbocycles. The summed E-state index contributed by atoms with van der Waals surface area (Å²) in [4.78, 5) is 45.6. The Morgan fingerprint density at radius 2 is 1.64 bits per heavy atom. The maximum Gasteiger partial charge on any atom is 0.418 e. The van der Waals surface area contributed by atoms with Gasteiger partial charge in [-0.05, 0) is 55.1 Å².